The molecular formula is C15H21NOS. The van der Waals surface area contributed by atoms with Gasteiger partial charge >= 0.3 is 0 Å². The van der Waals surface area contributed by atoms with Crippen LogP contribution in [-0.4, -0.2) is 11.1 Å². The molecule has 18 heavy (non-hydrogen) atoms. The van der Waals surface area contributed by atoms with Crippen LogP contribution in [0.1, 0.15) is 43.7 Å². The molecule has 1 aromatic carbocycles. The summed E-state index contributed by atoms with van der Waals surface area (Å²) >= 11 is 5.06. The highest BCUT2D eigenvalue weighted by molar-refractivity contribution is 7.80. The van der Waals surface area contributed by atoms with Crippen molar-refractivity contribution < 1.29 is 4.74 Å². The second-order valence-electron chi connectivity index (χ2n) is 5.21. The molecule has 0 atom stereocenters. The first-order chi connectivity index (χ1) is 8.66. The molecular weight excluding hydrogens is 242 g/mol. The van der Waals surface area contributed by atoms with Gasteiger partial charge < -0.3 is 10.5 Å². The molecule has 2 N–H and O–H groups in total. The van der Waals surface area contributed by atoms with E-state index >= 15 is 0 Å². The maximum atomic E-state index is 5.99. The van der Waals surface area contributed by atoms with Crippen LogP contribution in [0.2, 0.25) is 0 Å². The molecule has 98 valence electrons. The van der Waals surface area contributed by atoms with Gasteiger partial charge in [0.05, 0.1) is 12.7 Å². The Labute approximate surface area is 115 Å². The quantitative estimate of drug-likeness (QED) is 0.845. The first-order valence-corrected chi connectivity index (χ1v) is 7.07. The molecule has 0 unspecified atom stereocenters. The van der Waals surface area contributed by atoms with E-state index in [0.29, 0.717) is 17.7 Å². The van der Waals surface area contributed by atoms with E-state index in [1.165, 1.54) is 25.7 Å². The minimum absolute atomic E-state index is 0.403. The lowest BCUT2D eigenvalue weighted by molar-refractivity contribution is 0.00872. The molecule has 1 aromatic rings. The van der Waals surface area contributed by atoms with E-state index in [4.69, 9.17) is 22.7 Å². The highest BCUT2D eigenvalue weighted by Crippen LogP contribution is 2.26. The zero-order valence-electron chi connectivity index (χ0n) is 10.9. The van der Waals surface area contributed by atoms with Crippen molar-refractivity contribution in [1.29, 1.82) is 0 Å². The Morgan fingerprint density at radius 2 is 1.94 bits per heavy atom. The summed E-state index contributed by atoms with van der Waals surface area (Å²) in [5.74, 6) is 0.855. The van der Waals surface area contributed by atoms with Crippen molar-refractivity contribution in [1.82, 2.24) is 0 Å². The standard InChI is InChI=1S/C15H21NOS/c1-11-6-8-13(9-7-11)17-10-12-4-2-3-5-14(12)15(16)18/h2-5,11,13H,6-10H2,1H3,(H2,16,18). The molecule has 2 nitrogen and oxygen atoms in total. The Bertz CT molecular complexity index is 411. The van der Waals surface area contributed by atoms with Crippen molar-refractivity contribution in [2.45, 2.75) is 45.3 Å². The lowest BCUT2D eigenvalue weighted by atomic mass is 9.89. The normalized spacial score (nSPS) is 23.8. The fraction of sp³-hybridized carbons (Fsp3) is 0.533. The molecule has 0 amide bonds. The van der Waals surface area contributed by atoms with Crippen LogP contribution in [0.15, 0.2) is 24.3 Å². The van der Waals surface area contributed by atoms with Crippen molar-refractivity contribution in [3.63, 3.8) is 0 Å². The van der Waals surface area contributed by atoms with Crippen LogP contribution in [-0.2, 0) is 11.3 Å². The van der Waals surface area contributed by atoms with Crippen molar-refractivity contribution >= 4 is 17.2 Å². The van der Waals surface area contributed by atoms with Crippen LogP contribution in [0.3, 0.4) is 0 Å². The smallest absolute Gasteiger partial charge is 0.104 e. The molecule has 0 saturated heterocycles. The minimum Gasteiger partial charge on any atom is -0.389 e. The molecule has 2 rings (SSSR count). The highest BCUT2D eigenvalue weighted by Gasteiger charge is 2.18. The number of nitrogens with two attached hydrogens (primary N) is 1. The third kappa shape index (κ3) is 3.53. The molecule has 0 spiro atoms. The summed E-state index contributed by atoms with van der Waals surface area (Å²) in [6.07, 6.45) is 5.32. The average molecular weight is 263 g/mol. The molecule has 0 bridgehead atoms. The number of hydrogen-bond acceptors (Lipinski definition) is 2. The summed E-state index contributed by atoms with van der Waals surface area (Å²) in [7, 11) is 0. The van der Waals surface area contributed by atoms with Gasteiger partial charge in [-0.3, -0.25) is 0 Å². The second-order valence-corrected chi connectivity index (χ2v) is 5.65. The Kier molecular flexibility index (Phi) is 4.72. The van der Waals surface area contributed by atoms with Gasteiger partial charge in [-0.05, 0) is 37.2 Å². The van der Waals surface area contributed by atoms with E-state index < -0.39 is 0 Å². The van der Waals surface area contributed by atoms with Crippen LogP contribution in [0.4, 0.5) is 0 Å². The SMILES string of the molecule is CC1CCC(OCc2ccccc2C(N)=S)CC1. The maximum Gasteiger partial charge on any atom is 0.104 e. The molecule has 3 heteroatoms. The number of rotatable bonds is 4. The van der Waals surface area contributed by atoms with Gasteiger partial charge in [-0.15, -0.1) is 0 Å². The van der Waals surface area contributed by atoms with E-state index in [9.17, 15) is 0 Å². The second kappa shape index (κ2) is 6.30. The van der Waals surface area contributed by atoms with E-state index in [2.05, 4.69) is 6.92 Å². The Hall–Kier alpha value is -0.930. The van der Waals surface area contributed by atoms with Gasteiger partial charge in [0, 0.05) is 5.56 Å². The zero-order chi connectivity index (χ0) is 13.0. The monoisotopic (exact) mass is 263 g/mol. The lowest BCUT2D eigenvalue weighted by Gasteiger charge is -2.26. The van der Waals surface area contributed by atoms with Crippen LogP contribution in [0, 0.1) is 5.92 Å². The van der Waals surface area contributed by atoms with Crippen molar-refractivity contribution in [3.05, 3.63) is 35.4 Å². The van der Waals surface area contributed by atoms with Gasteiger partial charge in [-0.1, -0.05) is 43.4 Å². The molecule has 1 saturated carbocycles. The summed E-state index contributed by atoms with van der Waals surface area (Å²) < 4.78 is 5.99. The van der Waals surface area contributed by atoms with Crippen molar-refractivity contribution in [2.75, 3.05) is 0 Å². The highest BCUT2D eigenvalue weighted by atomic mass is 32.1. The molecule has 1 aliphatic carbocycles. The third-order valence-electron chi connectivity index (χ3n) is 3.72. The van der Waals surface area contributed by atoms with E-state index in [1.54, 1.807) is 0 Å². The average Bonchev–Trinajstić information content (AvgIpc) is 2.38. The van der Waals surface area contributed by atoms with E-state index in [1.807, 2.05) is 24.3 Å². The van der Waals surface area contributed by atoms with E-state index in [-0.39, 0.29) is 0 Å². The predicted octanol–water partition coefficient (Wildman–Crippen LogP) is 3.42. The van der Waals surface area contributed by atoms with Gasteiger partial charge in [-0.2, -0.15) is 0 Å². The van der Waals surface area contributed by atoms with Crippen LogP contribution in [0.25, 0.3) is 0 Å². The van der Waals surface area contributed by atoms with Gasteiger partial charge in [-0.25, -0.2) is 0 Å². The first-order valence-electron chi connectivity index (χ1n) is 6.66. The van der Waals surface area contributed by atoms with Crippen LogP contribution >= 0.6 is 12.2 Å². The Balaban J connectivity index is 1.92. The van der Waals surface area contributed by atoms with Gasteiger partial charge in [0.25, 0.3) is 0 Å². The fourth-order valence-corrected chi connectivity index (χ4v) is 2.69. The zero-order valence-corrected chi connectivity index (χ0v) is 11.7. The minimum atomic E-state index is 0.403. The van der Waals surface area contributed by atoms with Crippen molar-refractivity contribution in [3.8, 4) is 0 Å². The summed E-state index contributed by atoms with van der Waals surface area (Å²) in [5, 5.41) is 0. The number of thiocarbonyl (C=S) groups is 1. The molecule has 1 aliphatic rings. The molecule has 0 aromatic heterocycles. The summed E-state index contributed by atoms with van der Waals surface area (Å²) in [5.41, 5.74) is 7.76. The van der Waals surface area contributed by atoms with Gasteiger partial charge in [0.15, 0.2) is 0 Å². The Morgan fingerprint density at radius 1 is 1.28 bits per heavy atom. The maximum absolute atomic E-state index is 5.99. The Morgan fingerprint density at radius 3 is 2.61 bits per heavy atom. The fourth-order valence-electron chi connectivity index (χ4n) is 2.49. The largest absolute Gasteiger partial charge is 0.389 e. The molecule has 0 aliphatic heterocycles. The topological polar surface area (TPSA) is 35.2 Å². The summed E-state index contributed by atoms with van der Waals surface area (Å²) in [4.78, 5) is 0.450. The first kappa shape index (κ1) is 13.5. The number of ether oxygens (including phenoxy) is 1. The molecule has 0 radical (unpaired) electrons. The predicted molar refractivity (Wildman–Crippen MR) is 78.5 cm³/mol. The number of benzene rings is 1. The number of hydrogen-bond donors (Lipinski definition) is 1. The molecule has 0 heterocycles. The van der Waals surface area contributed by atoms with Gasteiger partial charge in [0.2, 0.25) is 0 Å². The van der Waals surface area contributed by atoms with Crippen LogP contribution in [0.5, 0.6) is 0 Å². The molecule has 1 fully saturated rings. The van der Waals surface area contributed by atoms with Crippen molar-refractivity contribution in [2.24, 2.45) is 11.7 Å². The van der Waals surface area contributed by atoms with Gasteiger partial charge in [0.1, 0.15) is 4.99 Å². The van der Waals surface area contributed by atoms with Crippen LogP contribution < -0.4 is 5.73 Å². The van der Waals surface area contributed by atoms with E-state index in [0.717, 1.165) is 17.0 Å². The summed E-state index contributed by atoms with van der Waals surface area (Å²) in [6, 6.07) is 7.97. The third-order valence-corrected chi connectivity index (χ3v) is 3.94. The summed E-state index contributed by atoms with van der Waals surface area (Å²) in [6.45, 7) is 2.94. The lowest BCUT2D eigenvalue weighted by Crippen LogP contribution is -2.21.